The number of nitrogens with zero attached hydrogens (tertiary/aromatic N) is 1. The van der Waals surface area contributed by atoms with Gasteiger partial charge in [-0.25, -0.2) is 0 Å². The molecule has 20 heavy (non-hydrogen) atoms. The van der Waals surface area contributed by atoms with Gasteiger partial charge in [-0.05, 0) is 25.5 Å². The van der Waals surface area contributed by atoms with Gasteiger partial charge >= 0.3 is 11.9 Å². The summed E-state index contributed by atoms with van der Waals surface area (Å²) in [7, 11) is 1.70. The van der Waals surface area contributed by atoms with E-state index in [9.17, 15) is 9.59 Å². The fraction of sp³-hybridized carbons (Fsp3) is 0.467. The van der Waals surface area contributed by atoms with Gasteiger partial charge in [-0.3, -0.25) is 14.5 Å². The molecular formula is C15H21NO4. The minimum atomic E-state index is -0.868. The third kappa shape index (κ3) is 7.53. The minimum absolute atomic E-state index is 0.0256. The van der Waals surface area contributed by atoms with Gasteiger partial charge in [0.05, 0.1) is 19.6 Å². The van der Waals surface area contributed by atoms with Gasteiger partial charge in [-0.15, -0.1) is 0 Å². The Morgan fingerprint density at radius 3 is 2.60 bits per heavy atom. The predicted molar refractivity (Wildman–Crippen MR) is 75.5 cm³/mol. The molecule has 110 valence electrons. The van der Waals surface area contributed by atoms with Gasteiger partial charge in [0, 0.05) is 6.54 Å². The number of carbonyl (C=O) groups is 2. The average Bonchev–Trinajstić information content (AvgIpc) is 2.42. The molecule has 0 unspecified atom stereocenters. The lowest BCUT2D eigenvalue weighted by Crippen LogP contribution is -2.29. The smallest absolute Gasteiger partial charge is 0.320 e. The number of aryl methyl sites for hydroxylation is 1. The second kappa shape index (κ2) is 9.09. The molecule has 1 aromatic carbocycles. The summed E-state index contributed by atoms with van der Waals surface area (Å²) in [6.45, 7) is 0.855. The fourth-order valence-electron chi connectivity index (χ4n) is 1.74. The Bertz CT molecular complexity index is 419. The van der Waals surface area contributed by atoms with Crippen molar-refractivity contribution in [1.29, 1.82) is 0 Å². The van der Waals surface area contributed by atoms with Crippen molar-refractivity contribution in [3.63, 3.8) is 0 Å². The number of carbonyl (C=O) groups excluding carboxylic acids is 1. The number of carboxylic acids is 1. The highest BCUT2D eigenvalue weighted by Crippen LogP contribution is 2.02. The van der Waals surface area contributed by atoms with Crippen LogP contribution in [0, 0.1) is 0 Å². The van der Waals surface area contributed by atoms with E-state index in [1.54, 1.807) is 11.9 Å². The number of likely N-dealkylation sites (N-methyl/N-ethyl adjacent to an activating group) is 1. The summed E-state index contributed by atoms with van der Waals surface area (Å²) in [5, 5.41) is 8.54. The first-order valence-electron chi connectivity index (χ1n) is 6.68. The summed E-state index contributed by atoms with van der Waals surface area (Å²) in [6.07, 6.45) is 1.69. The predicted octanol–water partition coefficient (Wildman–Crippen LogP) is 1.57. The minimum Gasteiger partial charge on any atom is -0.481 e. The SMILES string of the molecule is CN(CCC(=O)O)CC(=O)OCCCc1ccccc1. The maximum atomic E-state index is 11.5. The molecule has 0 saturated heterocycles. The largest absolute Gasteiger partial charge is 0.481 e. The number of carboxylic acid groups (broad SMARTS) is 1. The van der Waals surface area contributed by atoms with E-state index >= 15 is 0 Å². The van der Waals surface area contributed by atoms with Crippen LogP contribution >= 0.6 is 0 Å². The van der Waals surface area contributed by atoms with Crippen LogP contribution in [-0.2, 0) is 20.7 Å². The molecular weight excluding hydrogens is 258 g/mol. The Morgan fingerprint density at radius 2 is 1.95 bits per heavy atom. The Kier molecular flexibility index (Phi) is 7.35. The number of hydrogen-bond donors (Lipinski definition) is 1. The van der Waals surface area contributed by atoms with Gasteiger partial charge in [0.1, 0.15) is 0 Å². The molecule has 0 aliphatic rings. The Balaban J connectivity index is 2.09. The van der Waals surface area contributed by atoms with E-state index in [4.69, 9.17) is 9.84 Å². The summed E-state index contributed by atoms with van der Waals surface area (Å²) in [4.78, 5) is 23.5. The molecule has 0 spiro atoms. The molecule has 1 aromatic rings. The van der Waals surface area contributed by atoms with Crippen LogP contribution in [0.1, 0.15) is 18.4 Å². The highest BCUT2D eigenvalue weighted by molar-refractivity contribution is 5.71. The van der Waals surface area contributed by atoms with E-state index in [2.05, 4.69) is 0 Å². The van der Waals surface area contributed by atoms with Crippen molar-refractivity contribution in [3.05, 3.63) is 35.9 Å². The van der Waals surface area contributed by atoms with Crippen molar-refractivity contribution >= 4 is 11.9 Å². The van der Waals surface area contributed by atoms with Gasteiger partial charge in [0.15, 0.2) is 0 Å². The van der Waals surface area contributed by atoms with E-state index in [0.29, 0.717) is 13.2 Å². The van der Waals surface area contributed by atoms with Crippen LogP contribution in [0.5, 0.6) is 0 Å². The molecule has 0 fully saturated rings. The quantitative estimate of drug-likeness (QED) is 0.549. The molecule has 0 bridgehead atoms. The zero-order chi connectivity index (χ0) is 14.8. The molecule has 1 rings (SSSR count). The normalized spacial score (nSPS) is 10.5. The van der Waals surface area contributed by atoms with Crippen molar-refractivity contribution in [3.8, 4) is 0 Å². The van der Waals surface area contributed by atoms with Gasteiger partial charge in [0.25, 0.3) is 0 Å². The van der Waals surface area contributed by atoms with Crippen LogP contribution in [0.2, 0.25) is 0 Å². The third-order valence-electron chi connectivity index (χ3n) is 2.82. The highest BCUT2D eigenvalue weighted by Gasteiger charge is 2.09. The molecule has 0 saturated carbocycles. The van der Waals surface area contributed by atoms with E-state index in [1.165, 1.54) is 5.56 Å². The van der Waals surface area contributed by atoms with Crippen LogP contribution in [0.4, 0.5) is 0 Å². The number of benzene rings is 1. The molecule has 0 atom stereocenters. The molecule has 0 aromatic heterocycles. The summed E-state index contributed by atoms with van der Waals surface area (Å²) in [5.41, 5.74) is 1.22. The summed E-state index contributed by atoms with van der Waals surface area (Å²) in [6, 6.07) is 10.0. The zero-order valence-corrected chi connectivity index (χ0v) is 11.7. The lowest BCUT2D eigenvalue weighted by Gasteiger charge is -2.14. The Morgan fingerprint density at radius 1 is 1.25 bits per heavy atom. The summed E-state index contributed by atoms with van der Waals surface area (Å²) >= 11 is 0. The van der Waals surface area contributed by atoms with Gasteiger partial charge in [0.2, 0.25) is 0 Å². The molecule has 1 N–H and O–H groups in total. The van der Waals surface area contributed by atoms with E-state index in [1.807, 2.05) is 30.3 Å². The van der Waals surface area contributed by atoms with E-state index < -0.39 is 5.97 Å². The fourth-order valence-corrected chi connectivity index (χ4v) is 1.74. The van der Waals surface area contributed by atoms with Crippen LogP contribution < -0.4 is 0 Å². The van der Waals surface area contributed by atoms with Gasteiger partial charge in [-0.2, -0.15) is 0 Å². The molecule has 0 aliphatic heterocycles. The Hall–Kier alpha value is -1.88. The van der Waals surface area contributed by atoms with Crippen LogP contribution in [0.15, 0.2) is 30.3 Å². The van der Waals surface area contributed by atoms with Crippen molar-refractivity contribution in [2.45, 2.75) is 19.3 Å². The zero-order valence-electron chi connectivity index (χ0n) is 11.7. The second-order valence-electron chi connectivity index (χ2n) is 4.69. The molecule has 5 nitrogen and oxygen atoms in total. The first-order chi connectivity index (χ1) is 9.58. The summed E-state index contributed by atoms with van der Waals surface area (Å²) < 4.78 is 5.11. The molecule has 0 amide bonds. The van der Waals surface area contributed by atoms with Crippen molar-refractivity contribution < 1.29 is 19.4 Å². The van der Waals surface area contributed by atoms with E-state index in [0.717, 1.165) is 12.8 Å². The molecule has 0 aliphatic carbocycles. The molecule has 5 heteroatoms. The number of aliphatic carboxylic acids is 1. The first-order valence-corrected chi connectivity index (χ1v) is 6.68. The number of ether oxygens (including phenoxy) is 1. The topological polar surface area (TPSA) is 66.8 Å². The monoisotopic (exact) mass is 279 g/mol. The van der Waals surface area contributed by atoms with Crippen molar-refractivity contribution in [1.82, 2.24) is 4.90 Å². The van der Waals surface area contributed by atoms with E-state index in [-0.39, 0.29) is 18.9 Å². The number of esters is 1. The van der Waals surface area contributed by atoms with Crippen LogP contribution in [0.3, 0.4) is 0 Å². The van der Waals surface area contributed by atoms with Crippen molar-refractivity contribution in [2.24, 2.45) is 0 Å². The average molecular weight is 279 g/mol. The number of rotatable bonds is 9. The van der Waals surface area contributed by atoms with Crippen LogP contribution in [-0.4, -0.2) is 48.7 Å². The summed E-state index contributed by atoms with van der Waals surface area (Å²) in [5.74, 6) is -1.18. The third-order valence-corrected chi connectivity index (χ3v) is 2.82. The lowest BCUT2D eigenvalue weighted by molar-refractivity contribution is -0.145. The lowest BCUT2D eigenvalue weighted by atomic mass is 10.1. The maximum absolute atomic E-state index is 11.5. The number of hydrogen-bond acceptors (Lipinski definition) is 4. The molecule has 0 heterocycles. The molecule has 0 radical (unpaired) electrons. The first kappa shape index (κ1) is 16.2. The standard InChI is InChI=1S/C15H21NO4/c1-16(10-9-14(17)18)12-15(19)20-11-5-8-13-6-3-2-4-7-13/h2-4,6-7H,5,8-12H2,1H3,(H,17,18). The Labute approximate surface area is 119 Å². The van der Waals surface area contributed by atoms with Gasteiger partial charge in [-0.1, -0.05) is 30.3 Å². The maximum Gasteiger partial charge on any atom is 0.320 e. The van der Waals surface area contributed by atoms with Crippen molar-refractivity contribution in [2.75, 3.05) is 26.7 Å². The van der Waals surface area contributed by atoms with Gasteiger partial charge < -0.3 is 9.84 Å². The van der Waals surface area contributed by atoms with Crippen LogP contribution in [0.25, 0.3) is 0 Å². The highest BCUT2D eigenvalue weighted by atomic mass is 16.5. The second-order valence-corrected chi connectivity index (χ2v) is 4.69.